The normalized spacial score (nSPS) is 14.0. The van der Waals surface area contributed by atoms with E-state index in [1.54, 1.807) is 6.07 Å². The SMILES string of the molecule is Fc1cccc(COc2ccccc2OC(CCc2ccccc2)C2=NCCN2)c1. The van der Waals surface area contributed by atoms with Crippen LogP contribution in [0.2, 0.25) is 0 Å². The van der Waals surface area contributed by atoms with E-state index >= 15 is 0 Å². The molecule has 0 aromatic heterocycles. The van der Waals surface area contributed by atoms with Crippen LogP contribution >= 0.6 is 0 Å². The van der Waals surface area contributed by atoms with Crippen molar-refractivity contribution in [2.75, 3.05) is 13.1 Å². The molecule has 0 fully saturated rings. The van der Waals surface area contributed by atoms with Crippen molar-refractivity contribution in [3.8, 4) is 11.5 Å². The summed E-state index contributed by atoms with van der Waals surface area (Å²) in [5.74, 6) is 1.89. The molecule has 0 saturated carbocycles. The maximum Gasteiger partial charge on any atom is 0.162 e. The fraction of sp³-hybridized carbons (Fsp3) is 0.240. The van der Waals surface area contributed by atoms with E-state index < -0.39 is 0 Å². The Morgan fingerprint density at radius 3 is 2.43 bits per heavy atom. The van der Waals surface area contributed by atoms with Gasteiger partial charge in [0.25, 0.3) is 0 Å². The van der Waals surface area contributed by atoms with Gasteiger partial charge in [-0.25, -0.2) is 4.39 Å². The van der Waals surface area contributed by atoms with Crippen LogP contribution in [0.4, 0.5) is 4.39 Å². The first kappa shape index (κ1) is 20.0. The summed E-state index contributed by atoms with van der Waals surface area (Å²) in [4.78, 5) is 4.58. The fourth-order valence-corrected chi connectivity index (χ4v) is 3.43. The lowest BCUT2D eigenvalue weighted by molar-refractivity contribution is 0.226. The molecule has 0 saturated heterocycles. The van der Waals surface area contributed by atoms with Crippen molar-refractivity contribution >= 4 is 5.84 Å². The number of amidine groups is 1. The third kappa shape index (κ3) is 5.38. The highest BCUT2D eigenvalue weighted by molar-refractivity contribution is 5.88. The molecular formula is C25H25FN2O2. The van der Waals surface area contributed by atoms with Crippen molar-refractivity contribution in [1.29, 1.82) is 0 Å². The van der Waals surface area contributed by atoms with Crippen LogP contribution in [-0.4, -0.2) is 25.0 Å². The van der Waals surface area contributed by atoms with Crippen LogP contribution in [0.25, 0.3) is 0 Å². The van der Waals surface area contributed by atoms with Crippen molar-refractivity contribution in [2.24, 2.45) is 4.99 Å². The summed E-state index contributed by atoms with van der Waals surface area (Å²) in [6.45, 7) is 1.86. The Hall–Kier alpha value is -3.34. The second-order valence-corrected chi connectivity index (χ2v) is 7.19. The molecule has 0 aliphatic carbocycles. The number of aliphatic imine (C=N–C) groups is 1. The molecule has 1 atom stereocenters. The van der Waals surface area contributed by atoms with Crippen LogP contribution < -0.4 is 14.8 Å². The highest BCUT2D eigenvalue weighted by atomic mass is 19.1. The molecule has 154 valence electrons. The minimum absolute atomic E-state index is 0.188. The predicted octanol–water partition coefficient (Wildman–Crippen LogP) is 4.79. The van der Waals surface area contributed by atoms with Gasteiger partial charge < -0.3 is 14.8 Å². The highest BCUT2D eigenvalue weighted by Crippen LogP contribution is 2.29. The number of benzene rings is 3. The molecule has 0 radical (unpaired) electrons. The molecule has 4 rings (SSSR count). The van der Waals surface area contributed by atoms with Crippen LogP contribution in [0.1, 0.15) is 17.5 Å². The summed E-state index contributed by atoms with van der Waals surface area (Å²) < 4.78 is 25.8. The molecule has 1 unspecified atom stereocenters. The van der Waals surface area contributed by atoms with Gasteiger partial charge in [0.05, 0.1) is 6.54 Å². The number of hydrogen-bond acceptors (Lipinski definition) is 4. The Balaban J connectivity index is 1.47. The lowest BCUT2D eigenvalue weighted by Gasteiger charge is -2.21. The molecule has 0 spiro atoms. The first-order chi connectivity index (χ1) is 14.8. The number of hydrogen-bond donors (Lipinski definition) is 1. The van der Waals surface area contributed by atoms with Crippen LogP contribution in [-0.2, 0) is 13.0 Å². The predicted molar refractivity (Wildman–Crippen MR) is 117 cm³/mol. The molecule has 5 heteroatoms. The van der Waals surface area contributed by atoms with E-state index in [4.69, 9.17) is 9.47 Å². The Kier molecular flexibility index (Phi) is 6.60. The van der Waals surface area contributed by atoms with Crippen LogP contribution in [0.3, 0.4) is 0 Å². The molecule has 1 heterocycles. The molecule has 30 heavy (non-hydrogen) atoms. The van der Waals surface area contributed by atoms with Gasteiger partial charge in [0.15, 0.2) is 17.6 Å². The van der Waals surface area contributed by atoms with E-state index in [1.165, 1.54) is 17.7 Å². The number of aryl methyl sites for hydroxylation is 1. The van der Waals surface area contributed by atoms with E-state index in [0.29, 0.717) is 11.5 Å². The van der Waals surface area contributed by atoms with Crippen molar-refractivity contribution in [3.05, 3.63) is 95.8 Å². The molecule has 0 bridgehead atoms. The third-order valence-electron chi connectivity index (χ3n) is 4.94. The largest absolute Gasteiger partial charge is 0.485 e. The summed E-state index contributed by atoms with van der Waals surface area (Å²) in [6.07, 6.45) is 1.50. The van der Waals surface area contributed by atoms with Crippen molar-refractivity contribution in [2.45, 2.75) is 25.6 Å². The van der Waals surface area contributed by atoms with Crippen molar-refractivity contribution in [1.82, 2.24) is 5.32 Å². The van der Waals surface area contributed by atoms with Gasteiger partial charge in [-0.3, -0.25) is 4.99 Å². The number of rotatable bonds is 9. The average molecular weight is 404 g/mol. The zero-order chi connectivity index (χ0) is 20.6. The van der Waals surface area contributed by atoms with E-state index in [2.05, 4.69) is 22.4 Å². The van der Waals surface area contributed by atoms with Gasteiger partial charge >= 0.3 is 0 Å². The smallest absolute Gasteiger partial charge is 0.162 e. The molecule has 3 aromatic carbocycles. The number of halogens is 1. The number of nitrogens with one attached hydrogen (secondary N) is 1. The zero-order valence-corrected chi connectivity index (χ0v) is 16.8. The van der Waals surface area contributed by atoms with Gasteiger partial charge in [0, 0.05) is 6.54 Å². The van der Waals surface area contributed by atoms with E-state index in [0.717, 1.165) is 37.3 Å². The minimum Gasteiger partial charge on any atom is -0.485 e. The summed E-state index contributed by atoms with van der Waals surface area (Å²) in [6, 6.07) is 24.4. The summed E-state index contributed by atoms with van der Waals surface area (Å²) in [7, 11) is 0. The van der Waals surface area contributed by atoms with Crippen LogP contribution in [0.5, 0.6) is 11.5 Å². The number of ether oxygens (including phenoxy) is 2. The van der Waals surface area contributed by atoms with Gasteiger partial charge in [0.2, 0.25) is 0 Å². The maximum atomic E-state index is 13.4. The zero-order valence-electron chi connectivity index (χ0n) is 16.8. The fourth-order valence-electron chi connectivity index (χ4n) is 3.43. The van der Waals surface area contributed by atoms with Gasteiger partial charge in [-0.05, 0) is 48.2 Å². The molecule has 0 amide bonds. The van der Waals surface area contributed by atoms with Gasteiger partial charge in [-0.1, -0.05) is 54.6 Å². The molecule has 3 aromatic rings. The average Bonchev–Trinajstić information content (AvgIpc) is 3.31. The lowest BCUT2D eigenvalue weighted by Crippen LogP contribution is -2.36. The first-order valence-electron chi connectivity index (χ1n) is 10.2. The van der Waals surface area contributed by atoms with Crippen LogP contribution in [0.15, 0.2) is 83.9 Å². The van der Waals surface area contributed by atoms with Crippen molar-refractivity contribution in [3.63, 3.8) is 0 Å². The highest BCUT2D eigenvalue weighted by Gasteiger charge is 2.22. The third-order valence-corrected chi connectivity index (χ3v) is 4.94. The Morgan fingerprint density at radius 2 is 1.67 bits per heavy atom. The number of nitrogens with zero attached hydrogens (tertiary/aromatic N) is 1. The topological polar surface area (TPSA) is 42.9 Å². The van der Waals surface area contributed by atoms with E-state index in [-0.39, 0.29) is 18.5 Å². The van der Waals surface area contributed by atoms with E-state index in [9.17, 15) is 4.39 Å². The molecule has 4 nitrogen and oxygen atoms in total. The molecule has 1 N–H and O–H groups in total. The van der Waals surface area contributed by atoms with Crippen LogP contribution in [0, 0.1) is 5.82 Å². The quantitative estimate of drug-likeness (QED) is 0.558. The van der Waals surface area contributed by atoms with Crippen molar-refractivity contribution < 1.29 is 13.9 Å². The minimum atomic E-state index is -0.271. The van der Waals surface area contributed by atoms with E-state index in [1.807, 2.05) is 48.5 Å². The molecule has 1 aliphatic heterocycles. The van der Waals surface area contributed by atoms with Gasteiger partial charge in [-0.15, -0.1) is 0 Å². The molecular weight excluding hydrogens is 379 g/mol. The van der Waals surface area contributed by atoms with Gasteiger partial charge in [0.1, 0.15) is 18.3 Å². The maximum absolute atomic E-state index is 13.4. The second-order valence-electron chi connectivity index (χ2n) is 7.19. The molecule has 1 aliphatic rings. The first-order valence-corrected chi connectivity index (χ1v) is 10.2. The standard InChI is InChI=1S/C25H25FN2O2/c26-21-10-6-9-20(17-21)18-29-22-11-4-5-12-23(22)30-24(25-27-15-16-28-25)14-13-19-7-2-1-3-8-19/h1-12,17,24H,13-16,18H2,(H,27,28). The summed E-state index contributed by atoms with van der Waals surface area (Å²) in [5.41, 5.74) is 2.03. The Morgan fingerprint density at radius 1 is 0.900 bits per heavy atom. The Labute approximate surface area is 176 Å². The monoisotopic (exact) mass is 404 g/mol. The summed E-state index contributed by atoms with van der Waals surface area (Å²) in [5, 5.41) is 3.34. The Bertz CT molecular complexity index is 991. The van der Waals surface area contributed by atoms with Gasteiger partial charge in [-0.2, -0.15) is 0 Å². The lowest BCUT2D eigenvalue weighted by atomic mass is 10.1. The second kappa shape index (κ2) is 9.92. The summed E-state index contributed by atoms with van der Waals surface area (Å²) >= 11 is 0. The number of para-hydroxylation sites is 2.